The molecule has 0 aromatic carbocycles. The van der Waals surface area contributed by atoms with Crippen LogP contribution in [0.25, 0.3) is 0 Å². The van der Waals surface area contributed by atoms with Crippen LogP contribution in [0.3, 0.4) is 0 Å². The standard InChI is InChI=1S/C15H27N3OS/c1-11-6-5-7-15(8-11)10-20-13(18-15)17-9-14(2,3)12(19)16-4/h11H,5-10H2,1-4H3,(H,16,19)(H,17,18). The molecule has 1 heterocycles. The summed E-state index contributed by atoms with van der Waals surface area (Å²) in [5.74, 6) is 1.97. The zero-order valence-corrected chi connectivity index (χ0v) is 13.9. The van der Waals surface area contributed by atoms with Crippen molar-refractivity contribution in [2.75, 3.05) is 19.3 Å². The summed E-state index contributed by atoms with van der Waals surface area (Å²) in [5.41, 5.74) is -0.183. The molecule has 1 saturated carbocycles. The summed E-state index contributed by atoms with van der Waals surface area (Å²) >= 11 is 1.82. The van der Waals surface area contributed by atoms with Crippen molar-refractivity contribution in [2.45, 2.75) is 52.0 Å². The first-order valence-electron chi connectivity index (χ1n) is 7.54. The van der Waals surface area contributed by atoms with E-state index >= 15 is 0 Å². The fraction of sp³-hybridized carbons (Fsp3) is 0.867. The van der Waals surface area contributed by atoms with Gasteiger partial charge in [0.05, 0.1) is 12.0 Å². The second-order valence-electron chi connectivity index (χ2n) is 6.98. The molecule has 0 aromatic heterocycles. The minimum absolute atomic E-state index is 0.0471. The monoisotopic (exact) mass is 297 g/mol. The molecule has 5 heteroatoms. The van der Waals surface area contributed by atoms with E-state index in [1.807, 2.05) is 25.6 Å². The van der Waals surface area contributed by atoms with Gasteiger partial charge in [0.15, 0.2) is 5.17 Å². The van der Waals surface area contributed by atoms with E-state index in [1.165, 1.54) is 25.7 Å². The zero-order chi connectivity index (χ0) is 14.8. The van der Waals surface area contributed by atoms with E-state index in [4.69, 9.17) is 0 Å². The lowest BCUT2D eigenvalue weighted by Crippen LogP contribution is -2.47. The van der Waals surface area contributed by atoms with Crippen molar-refractivity contribution < 1.29 is 4.79 Å². The molecule has 20 heavy (non-hydrogen) atoms. The van der Waals surface area contributed by atoms with E-state index in [0.29, 0.717) is 6.54 Å². The van der Waals surface area contributed by atoms with E-state index in [0.717, 1.165) is 16.8 Å². The Balaban J connectivity index is 1.95. The van der Waals surface area contributed by atoms with Crippen molar-refractivity contribution in [3.63, 3.8) is 0 Å². The van der Waals surface area contributed by atoms with Gasteiger partial charge < -0.3 is 10.6 Å². The number of amides is 1. The highest BCUT2D eigenvalue weighted by atomic mass is 32.2. The maximum Gasteiger partial charge on any atom is 0.227 e. The van der Waals surface area contributed by atoms with Crippen molar-refractivity contribution in [1.82, 2.24) is 10.6 Å². The number of nitrogens with zero attached hydrogens (tertiary/aromatic N) is 1. The molecule has 2 aliphatic rings. The lowest BCUT2D eigenvalue weighted by atomic mass is 9.78. The summed E-state index contributed by atoms with van der Waals surface area (Å²) in [5, 5.41) is 7.38. The summed E-state index contributed by atoms with van der Waals surface area (Å²) < 4.78 is 0. The van der Waals surface area contributed by atoms with Crippen molar-refractivity contribution in [2.24, 2.45) is 16.3 Å². The molecule has 0 bridgehead atoms. The van der Waals surface area contributed by atoms with Crippen LogP contribution < -0.4 is 10.6 Å². The predicted octanol–water partition coefficient (Wildman–Crippen LogP) is 2.40. The van der Waals surface area contributed by atoms with Gasteiger partial charge in [0.1, 0.15) is 0 Å². The Morgan fingerprint density at radius 2 is 2.35 bits per heavy atom. The van der Waals surface area contributed by atoms with Gasteiger partial charge in [-0.2, -0.15) is 0 Å². The summed E-state index contributed by atoms with van der Waals surface area (Å²) in [4.78, 5) is 16.4. The van der Waals surface area contributed by atoms with Gasteiger partial charge >= 0.3 is 0 Å². The lowest BCUT2D eigenvalue weighted by molar-refractivity contribution is -0.128. The van der Waals surface area contributed by atoms with E-state index in [9.17, 15) is 4.79 Å². The summed E-state index contributed by atoms with van der Waals surface area (Å²) in [6, 6.07) is 0. The van der Waals surface area contributed by atoms with E-state index in [2.05, 4.69) is 22.5 Å². The quantitative estimate of drug-likeness (QED) is 0.841. The van der Waals surface area contributed by atoms with Crippen molar-refractivity contribution in [3.8, 4) is 0 Å². The summed E-state index contributed by atoms with van der Waals surface area (Å²) in [7, 11) is 1.68. The van der Waals surface area contributed by atoms with Gasteiger partial charge in [-0.15, -0.1) is 0 Å². The molecule has 2 rings (SSSR count). The number of thioether (sulfide) groups is 1. The molecule has 0 radical (unpaired) electrons. The smallest absolute Gasteiger partial charge is 0.227 e. The zero-order valence-electron chi connectivity index (χ0n) is 13.1. The first-order valence-corrected chi connectivity index (χ1v) is 8.53. The topological polar surface area (TPSA) is 53.5 Å². The van der Waals surface area contributed by atoms with Crippen LogP contribution in [0, 0.1) is 11.3 Å². The molecule has 1 aliphatic heterocycles. The minimum atomic E-state index is -0.445. The molecule has 0 aromatic rings. The van der Waals surface area contributed by atoms with Crippen molar-refractivity contribution >= 4 is 22.8 Å². The van der Waals surface area contributed by atoms with Gasteiger partial charge in [0.25, 0.3) is 0 Å². The SMILES string of the molecule is CNC(=O)C(C)(C)CN=C1NC2(CCCC(C)C2)CS1. The molecule has 1 spiro atoms. The highest BCUT2D eigenvalue weighted by Crippen LogP contribution is 2.38. The van der Waals surface area contributed by atoms with Crippen LogP contribution in [0.1, 0.15) is 46.5 Å². The largest absolute Gasteiger partial charge is 0.359 e. The summed E-state index contributed by atoms with van der Waals surface area (Å²) in [6.45, 7) is 6.76. The number of amidine groups is 1. The van der Waals surface area contributed by atoms with Crippen LogP contribution in [0.4, 0.5) is 0 Å². The fourth-order valence-corrected chi connectivity index (χ4v) is 4.37. The van der Waals surface area contributed by atoms with Crippen LogP contribution in [0.15, 0.2) is 4.99 Å². The maximum absolute atomic E-state index is 11.8. The first-order chi connectivity index (χ1) is 9.37. The minimum Gasteiger partial charge on any atom is -0.359 e. The summed E-state index contributed by atoms with van der Waals surface area (Å²) in [6.07, 6.45) is 5.16. The highest BCUT2D eigenvalue weighted by Gasteiger charge is 2.40. The van der Waals surface area contributed by atoms with E-state index < -0.39 is 5.41 Å². The predicted molar refractivity (Wildman–Crippen MR) is 86.1 cm³/mol. The number of hydrogen-bond acceptors (Lipinski definition) is 3. The number of rotatable bonds is 3. The van der Waals surface area contributed by atoms with Crippen LogP contribution in [-0.2, 0) is 4.79 Å². The molecule has 2 unspecified atom stereocenters. The molecule has 1 saturated heterocycles. The van der Waals surface area contributed by atoms with E-state index in [1.54, 1.807) is 7.05 Å². The molecule has 114 valence electrons. The van der Waals surface area contributed by atoms with Crippen LogP contribution in [0.5, 0.6) is 0 Å². The van der Waals surface area contributed by atoms with Crippen LogP contribution in [-0.4, -0.2) is 36.0 Å². The van der Waals surface area contributed by atoms with Crippen molar-refractivity contribution in [3.05, 3.63) is 0 Å². The second kappa shape index (κ2) is 5.96. The van der Waals surface area contributed by atoms with Gasteiger partial charge in [-0.05, 0) is 32.6 Å². The number of hydrogen-bond donors (Lipinski definition) is 2. The molecule has 1 amide bonds. The van der Waals surface area contributed by atoms with Crippen LogP contribution >= 0.6 is 11.8 Å². The molecular weight excluding hydrogens is 270 g/mol. The van der Waals surface area contributed by atoms with E-state index in [-0.39, 0.29) is 11.4 Å². The average Bonchev–Trinajstić information content (AvgIpc) is 2.78. The third-order valence-corrected chi connectivity index (χ3v) is 5.61. The lowest BCUT2D eigenvalue weighted by Gasteiger charge is -2.36. The van der Waals surface area contributed by atoms with Gasteiger partial charge in [0, 0.05) is 18.3 Å². The fourth-order valence-electron chi connectivity index (χ4n) is 3.18. The third kappa shape index (κ3) is 3.48. The molecule has 2 N–H and O–H groups in total. The second-order valence-corrected chi connectivity index (χ2v) is 7.94. The van der Waals surface area contributed by atoms with Gasteiger partial charge in [-0.3, -0.25) is 9.79 Å². The molecule has 1 aliphatic carbocycles. The normalized spacial score (nSPS) is 32.4. The molecule has 2 atom stereocenters. The Kier molecular flexibility index (Phi) is 4.67. The number of carbonyl (C=O) groups is 1. The number of carbonyl (C=O) groups excluding carboxylic acids is 1. The Morgan fingerprint density at radius 3 is 3.00 bits per heavy atom. The Hall–Kier alpha value is -0.710. The van der Waals surface area contributed by atoms with Gasteiger partial charge in [0.2, 0.25) is 5.91 Å². The van der Waals surface area contributed by atoms with Crippen molar-refractivity contribution in [1.29, 1.82) is 0 Å². The Labute approximate surface area is 126 Å². The van der Waals surface area contributed by atoms with Gasteiger partial charge in [-0.25, -0.2) is 0 Å². The van der Waals surface area contributed by atoms with Crippen LogP contribution in [0.2, 0.25) is 0 Å². The third-order valence-electron chi connectivity index (χ3n) is 4.41. The Bertz CT molecular complexity index is 408. The number of aliphatic imine (C=N–C) groups is 1. The molecule has 2 fully saturated rings. The molecular formula is C15H27N3OS. The highest BCUT2D eigenvalue weighted by molar-refractivity contribution is 8.14. The first kappa shape index (κ1) is 15.7. The average molecular weight is 297 g/mol. The van der Waals surface area contributed by atoms with Gasteiger partial charge in [-0.1, -0.05) is 31.5 Å². The maximum atomic E-state index is 11.8. The number of nitrogens with one attached hydrogen (secondary N) is 2. The Morgan fingerprint density at radius 1 is 1.60 bits per heavy atom. The molecule has 4 nitrogen and oxygen atoms in total.